The van der Waals surface area contributed by atoms with Crippen molar-refractivity contribution in [1.82, 2.24) is 4.98 Å². The number of hydrogen-bond donors (Lipinski definition) is 1. The van der Waals surface area contributed by atoms with Gasteiger partial charge in [-0.15, -0.1) is 23.1 Å². The Hall–Kier alpha value is -2.51. The standard InChI is InChI=1S/C19H19N3O2S2/c1-23-16-10-18(25-3)17(24-2)9-14(16)11-20-22-19-21-15(12-26-19)13-7-5-4-6-8-13/h4-12H,1-3H3,(H,21,22). The third-order valence-corrected chi connectivity index (χ3v) is 5.18. The molecule has 0 unspecified atom stereocenters. The Morgan fingerprint density at radius 2 is 1.88 bits per heavy atom. The van der Waals surface area contributed by atoms with Crippen LogP contribution >= 0.6 is 23.1 Å². The fourth-order valence-electron chi connectivity index (χ4n) is 2.38. The lowest BCUT2D eigenvalue weighted by atomic mass is 10.2. The predicted octanol–water partition coefficient (Wildman–Crippen LogP) is 5.00. The van der Waals surface area contributed by atoms with Crippen molar-refractivity contribution in [3.8, 4) is 22.8 Å². The number of thioether (sulfide) groups is 1. The first kappa shape index (κ1) is 18.3. The van der Waals surface area contributed by atoms with Gasteiger partial charge in [0.25, 0.3) is 0 Å². The summed E-state index contributed by atoms with van der Waals surface area (Å²) >= 11 is 3.11. The third kappa shape index (κ3) is 4.17. The number of aromatic nitrogens is 1. The van der Waals surface area contributed by atoms with Crippen molar-refractivity contribution in [2.75, 3.05) is 25.9 Å². The summed E-state index contributed by atoms with van der Waals surface area (Å²) in [5, 5.41) is 7.02. The lowest BCUT2D eigenvalue weighted by molar-refractivity contribution is 0.394. The molecule has 2 aromatic carbocycles. The van der Waals surface area contributed by atoms with Crippen molar-refractivity contribution in [3.05, 3.63) is 53.4 Å². The Morgan fingerprint density at radius 3 is 2.58 bits per heavy atom. The Morgan fingerprint density at radius 1 is 1.12 bits per heavy atom. The SMILES string of the molecule is COc1cc(SC)c(OC)cc1C=NNc1nc(-c2ccccc2)cs1. The molecule has 0 saturated heterocycles. The van der Waals surface area contributed by atoms with E-state index in [0.717, 1.165) is 38.3 Å². The van der Waals surface area contributed by atoms with Crippen molar-refractivity contribution in [3.63, 3.8) is 0 Å². The highest BCUT2D eigenvalue weighted by molar-refractivity contribution is 7.98. The number of ether oxygens (including phenoxy) is 2. The third-order valence-electron chi connectivity index (χ3n) is 3.67. The van der Waals surface area contributed by atoms with Gasteiger partial charge < -0.3 is 9.47 Å². The number of benzene rings is 2. The van der Waals surface area contributed by atoms with E-state index in [0.29, 0.717) is 0 Å². The number of nitrogens with one attached hydrogen (secondary N) is 1. The number of hydrogen-bond acceptors (Lipinski definition) is 7. The minimum atomic E-state index is 0.728. The molecule has 1 N–H and O–H groups in total. The van der Waals surface area contributed by atoms with Gasteiger partial charge in [-0.25, -0.2) is 4.98 Å². The molecule has 0 radical (unpaired) electrons. The first-order valence-electron chi connectivity index (χ1n) is 7.85. The highest BCUT2D eigenvalue weighted by atomic mass is 32.2. The van der Waals surface area contributed by atoms with Crippen molar-refractivity contribution in [2.45, 2.75) is 4.90 Å². The monoisotopic (exact) mass is 385 g/mol. The van der Waals surface area contributed by atoms with Gasteiger partial charge in [0.05, 0.1) is 31.0 Å². The molecule has 5 nitrogen and oxygen atoms in total. The summed E-state index contributed by atoms with van der Waals surface area (Å²) in [5.41, 5.74) is 5.82. The van der Waals surface area contributed by atoms with Crippen molar-refractivity contribution < 1.29 is 9.47 Å². The zero-order valence-corrected chi connectivity index (χ0v) is 16.4. The first-order chi connectivity index (χ1) is 12.7. The van der Waals surface area contributed by atoms with Gasteiger partial charge in [-0.1, -0.05) is 30.3 Å². The molecule has 7 heteroatoms. The Bertz CT molecular complexity index is 895. The van der Waals surface area contributed by atoms with Crippen LogP contribution in [-0.2, 0) is 0 Å². The number of thiazole rings is 1. The number of nitrogens with zero attached hydrogens (tertiary/aromatic N) is 2. The van der Waals surface area contributed by atoms with Gasteiger partial charge in [0, 0.05) is 16.5 Å². The predicted molar refractivity (Wildman–Crippen MR) is 110 cm³/mol. The molecule has 3 rings (SSSR count). The van der Waals surface area contributed by atoms with Gasteiger partial charge in [0.1, 0.15) is 11.5 Å². The van der Waals surface area contributed by atoms with Crippen LogP contribution in [0, 0.1) is 0 Å². The molecule has 26 heavy (non-hydrogen) atoms. The number of hydrazone groups is 1. The van der Waals surface area contributed by atoms with Crippen molar-refractivity contribution in [2.24, 2.45) is 5.10 Å². The maximum absolute atomic E-state index is 5.45. The van der Waals surface area contributed by atoms with Crippen molar-refractivity contribution in [1.29, 1.82) is 0 Å². The molecule has 134 valence electrons. The van der Waals surface area contributed by atoms with Crippen LogP contribution in [0.4, 0.5) is 5.13 Å². The van der Waals surface area contributed by atoms with E-state index in [1.807, 2.05) is 54.1 Å². The summed E-state index contributed by atoms with van der Waals surface area (Å²) in [6.07, 6.45) is 3.70. The average molecular weight is 386 g/mol. The molecule has 0 aliphatic carbocycles. The first-order valence-corrected chi connectivity index (χ1v) is 9.95. The average Bonchev–Trinajstić information content (AvgIpc) is 3.17. The van der Waals surface area contributed by atoms with Crippen LogP contribution in [-0.4, -0.2) is 31.7 Å². The molecule has 0 saturated carbocycles. The highest BCUT2D eigenvalue weighted by Gasteiger charge is 2.09. The van der Waals surface area contributed by atoms with Crippen LogP contribution in [0.15, 0.2) is 57.8 Å². The zero-order valence-electron chi connectivity index (χ0n) is 14.7. The summed E-state index contributed by atoms with van der Waals surface area (Å²) in [6.45, 7) is 0. The van der Waals surface area contributed by atoms with Gasteiger partial charge >= 0.3 is 0 Å². The van der Waals surface area contributed by atoms with E-state index in [-0.39, 0.29) is 0 Å². The number of anilines is 1. The molecule has 0 fully saturated rings. The molecular formula is C19H19N3O2S2. The number of rotatable bonds is 7. The molecule has 1 heterocycles. The van der Waals surface area contributed by atoms with Gasteiger partial charge in [-0.2, -0.15) is 5.10 Å². The van der Waals surface area contributed by atoms with Gasteiger partial charge in [0.15, 0.2) is 0 Å². The molecule has 0 spiro atoms. The second-order valence-corrected chi connectivity index (χ2v) is 6.93. The van der Waals surface area contributed by atoms with E-state index in [4.69, 9.17) is 9.47 Å². The van der Waals surface area contributed by atoms with E-state index in [1.54, 1.807) is 32.2 Å². The second-order valence-electron chi connectivity index (χ2n) is 5.22. The lowest BCUT2D eigenvalue weighted by Crippen LogP contribution is -1.96. The fourth-order valence-corrected chi connectivity index (χ4v) is 3.61. The van der Waals surface area contributed by atoms with E-state index in [2.05, 4.69) is 15.5 Å². The molecule has 0 aliphatic heterocycles. The summed E-state index contributed by atoms with van der Waals surface area (Å²) in [5.74, 6) is 1.53. The minimum absolute atomic E-state index is 0.728. The molecule has 3 aromatic rings. The molecule has 1 aromatic heterocycles. The molecule has 0 atom stereocenters. The van der Waals surface area contributed by atoms with Crippen LogP contribution < -0.4 is 14.9 Å². The smallest absolute Gasteiger partial charge is 0.203 e. The molecule has 0 amide bonds. The van der Waals surface area contributed by atoms with Gasteiger partial charge in [0.2, 0.25) is 5.13 Å². The second kappa shape index (κ2) is 8.73. The minimum Gasteiger partial charge on any atom is -0.496 e. The van der Waals surface area contributed by atoms with Crippen molar-refractivity contribution >= 4 is 34.4 Å². The van der Waals surface area contributed by atoms with Gasteiger partial charge in [-0.3, -0.25) is 5.43 Å². The highest BCUT2D eigenvalue weighted by Crippen LogP contribution is 2.34. The summed E-state index contributed by atoms with van der Waals surface area (Å²) in [4.78, 5) is 5.57. The fraction of sp³-hybridized carbons (Fsp3) is 0.158. The van der Waals surface area contributed by atoms with Gasteiger partial charge in [-0.05, 0) is 18.4 Å². The van der Waals surface area contributed by atoms with Crippen LogP contribution in [0.2, 0.25) is 0 Å². The van der Waals surface area contributed by atoms with Crippen LogP contribution in [0.25, 0.3) is 11.3 Å². The van der Waals surface area contributed by atoms with E-state index < -0.39 is 0 Å². The van der Waals surface area contributed by atoms with Crippen LogP contribution in [0.5, 0.6) is 11.5 Å². The zero-order chi connectivity index (χ0) is 18.4. The Kier molecular flexibility index (Phi) is 6.14. The largest absolute Gasteiger partial charge is 0.496 e. The normalized spacial score (nSPS) is 10.9. The summed E-state index contributed by atoms with van der Waals surface area (Å²) < 4.78 is 10.9. The van der Waals surface area contributed by atoms with E-state index in [9.17, 15) is 0 Å². The van der Waals surface area contributed by atoms with Crippen LogP contribution in [0.1, 0.15) is 5.56 Å². The molecule has 0 aliphatic rings. The summed E-state index contributed by atoms with van der Waals surface area (Å²) in [6, 6.07) is 13.9. The van der Waals surface area contributed by atoms with Crippen LogP contribution in [0.3, 0.4) is 0 Å². The van der Waals surface area contributed by atoms with E-state index in [1.165, 1.54) is 11.3 Å². The maximum Gasteiger partial charge on any atom is 0.203 e. The molecule has 0 bridgehead atoms. The van der Waals surface area contributed by atoms with E-state index >= 15 is 0 Å². The lowest BCUT2D eigenvalue weighted by Gasteiger charge is -2.11. The Labute approximate surface area is 161 Å². The quantitative estimate of drug-likeness (QED) is 0.352. The summed E-state index contributed by atoms with van der Waals surface area (Å²) in [7, 11) is 3.30. The maximum atomic E-state index is 5.45. The topological polar surface area (TPSA) is 55.7 Å². The molecular weight excluding hydrogens is 366 g/mol. The number of methoxy groups -OCH3 is 2. The Balaban J connectivity index is 1.76.